The zero-order chi connectivity index (χ0) is 25.4. The standard InChI is InChI=1S/C24H33N7O4S/c32-20(31-33)10-6-1-2-7-15-36(34,35)19-13-11-18(12-14-19)28-24-29-22-21(25-16-26-22)23(30-24)27-17-8-4-3-5-9-17/h11-14,16-17,33H,1-10,15H2,(H,31,32)(H3,25,26,27,28,29,30). The number of amides is 1. The molecule has 11 nitrogen and oxygen atoms in total. The molecular formula is C24H33N7O4S. The van der Waals surface area contributed by atoms with E-state index in [2.05, 4.69) is 30.6 Å². The average molecular weight is 516 g/mol. The van der Waals surface area contributed by atoms with Crippen molar-refractivity contribution in [3.8, 4) is 0 Å². The molecule has 2 heterocycles. The Morgan fingerprint density at radius 1 is 1.03 bits per heavy atom. The van der Waals surface area contributed by atoms with Crippen LogP contribution in [0.5, 0.6) is 0 Å². The number of unbranched alkanes of at least 4 members (excludes halogenated alkanes) is 3. The van der Waals surface area contributed by atoms with Gasteiger partial charge in [0, 0.05) is 18.2 Å². The van der Waals surface area contributed by atoms with E-state index in [1.54, 1.807) is 36.1 Å². The molecule has 1 aliphatic carbocycles. The van der Waals surface area contributed by atoms with Crippen molar-refractivity contribution in [1.29, 1.82) is 0 Å². The molecule has 5 N–H and O–H groups in total. The van der Waals surface area contributed by atoms with Crippen LogP contribution in [-0.2, 0) is 14.6 Å². The molecule has 36 heavy (non-hydrogen) atoms. The first-order chi connectivity index (χ1) is 17.4. The van der Waals surface area contributed by atoms with Gasteiger partial charge < -0.3 is 15.6 Å². The number of nitrogens with one attached hydrogen (secondary N) is 4. The number of fused-ring (bicyclic) bond motifs is 1. The third kappa shape index (κ3) is 6.91. The average Bonchev–Trinajstić information content (AvgIpc) is 3.36. The molecule has 0 saturated heterocycles. The first kappa shape index (κ1) is 25.8. The van der Waals surface area contributed by atoms with Gasteiger partial charge in [-0.2, -0.15) is 9.97 Å². The number of hydrogen-bond donors (Lipinski definition) is 5. The van der Waals surface area contributed by atoms with E-state index < -0.39 is 15.7 Å². The van der Waals surface area contributed by atoms with Gasteiger partial charge >= 0.3 is 0 Å². The number of anilines is 3. The Balaban J connectivity index is 1.35. The van der Waals surface area contributed by atoms with E-state index in [1.807, 2.05) is 0 Å². The van der Waals surface area contributed by atoms with E-state index in [-0.39, 0.29) is 17.1 Å². The number of aromatic amines is 1. The Morgan fingerprint density at radius 3 is 2.53 bits per heavy atom. The van der Waals surface area contributed by atoms with Gasteiger partial charge in [-0.05, 0) is 49.9 Å². The van der Waals surface area contributed by atoms with Crippen LogP contribution in [0.3, 0.4) is 0 Å². The smallest absolute Gasteiger partial charge is 0.243 e. The summed E-state index contributed by atoms with van der Waals surface area (Å²) in [6.45, 7) is 0. The molecule has 194 valence electrons. The molecule has 0 bridgehead atoms. The minimum absolute atomic E-state index is 0.0428. The fourth-order valence-corrected chi connectivity index (χ4v) is 5.78. The summed E-state index contributed by atoms with van der Waals surface area (Å²) >= 11 is 0. The first-order valence-corrected chi connectivity index (χ1v) is 14.1. The van der Waals surface area contributed by atoms with Gasteiger partial charge in [-0.15, -0.1) is 0 Å². The van der Waals surface area contributed by atoms with Crippen LogP contribution in [-0.4, -0.2) is 51.3 Å². The first-order valence-electron chi connectivity index (χ1n) is 12.4. The van der Waals surface area contributed by atoms with Crippen molar-refractivity contribution in [1.82, 2.24) is 25.4 Å². The number of carbonyl (C=O) groups is 1. The Labute approximate surface area is 210 Å². The number of benzene rings is 1. The summed E-state index contributed by atoms with van der Waals surface area (Å²) in [5.74, 6) is 0.713. The number of imidazole rings is 1. The summed E-state index contributed by atoms with van der Waals surface area (Å²) in [6.07, 6.45) is 10.3. The Bertz CT molecular complexity index is 1260. The van der Waals surface area contributed by atoms with Crippen LogP contribution in [0.15, 0.2) is 35.5 Å². The van der Waals surface area contributed by atoms with Crippen molar-refractivity contribution in [3.63, 3.8) is 0 Å². The summed E-state index contributed by atoms with van der Waals surface area (Å²) in [6, 6.07) is 6.94. The fourth-order valence-electron chi connectivity index (χ4n) is 4.41. The zero-order valence-corrected chi connectivity index (χ0v) is 21.0. The van der Waals surface area contributed by atoms with Crippen LogP contribution < -0.4 is 16.1 Å². The summed E-state index contributed by atoms with van der Waals surface area (Å²) in [4.78, 5) is 27.8. The predicted molar refractivity (Wildman–Crippen MR) is 137 cm³/mol. The van der Waals surface area contributed by atoms with Gasteiger partial charge in [-0.3, -0.25) is 10.0 Å². The van der Waals surface area contributed by atoms with Gasteiger partial charge in [0.1, 0.15) is 5.52 Å². The lowest BCUT2D eigenvalue weighted by molar-refractivity contribution is -0.129. The van der Waals surface area contributed by atoms with Gasteiger partial charge in [0.2, 0.25) is 11.9 Å². The normalized spacial score (nSPS) is 14.6. The highest BCUT2D eigenvalue weighted by atomic mass is 32.2. The van der Waals surface area contributed by atoms with Crippen LogP contribution in [0, 0.1) is 0 Å². The summed E-state index contributed by atoms with van der Waals surface area (Å²) < 4.78 is 25.4. The minimum Gasteiger partial charge on any atom is -0.365 e. The van der Waals surface area contributed by atoms with E-state index in [9.17, 15) is 13.2 Å². The third-order valence-corrected chi connectivity index (χ3v) is 8.21. The van der Waals surface area contributed by atoms with Gasteiger partial charge in [-0.1, -0.05) is 32.1 Å². The number of carbonyl (C=O) groups excluding carboxylic acids is 1. The number of aromatic nitrogens is 4. The Morgan fingerprint density at radius 2 is 1.78 bits per heavy atom. The van der Waals surface area contributed by atoms with Crippen LogP contribution in [0.4, 0.5) is 17.5 Å². The van der Waals surface area contributed by atoms with Crippen LogP contribution >= 0.6 is 0 Å². The van der Waals surface area contributed by atoms with Crippen LogP contribution in [0.2, 0.25) is 0 Å². The molecule has 0 spiro atoms. The van der Waals surface area contributed by atoms with Crippen molar-refractivity contribution in [2.24, 2.45) is 0 Å². The quantitative estimate of drug-likeness (QED) is 0.136. The predicted octanol–water partition coefficient (Wildman–Crippen LogP) is 4.07. The molecule has 0 unspecified atom stereocenters. The Kier molecular flexibility index (Phi) is 8.70. The molecule has 1 fully saturated rings. The molecule has 3 aromatic rings. The van der Waals surface area contributed by atoms with Gasteiger partial charge in [0.25, 0.3) is 0 Å². The molecule has 0 radical (unpaired) electrons. The summed E-state index contributed by atoms with van der Waals surface area (Å²) in [7, 11) is -3.40. The number of rotatable bonds is 12. The summed E-state index contributed by atoms with van der Waals surface area (Å²) in [5.41, 5.74) is 3.59. The van der Waals surface area contributed by atoms with E-state index in [4.69, 9.17) is 5.21 Å². The zero-order valence-electron chi connectivity index (χ0n) is 20.2. The molecular weight excluding hydrogens is 482 g/mol. The van der Waals surface area contributed by atoms with Crippen molar-refractivity contribution < 1.29 is 18.4 Å². The number of nitrogens with zero attached hydrogens (tertiary/aromatic N) is 3. The lowest BCUT2D eigenvalue weighted by Gasteiger charge is -2.23. The van der Waals surface area contributed by atoms with Crippen molar-refractivity contribution >= 4 is 44.4 Å². The topological polar surface area (TPSA) is 162 Å². The minimum atomic E-state index is -3.40. The molecule has 1 saturated carbocycles. The molecule has 1 aromatic carbocycles. The molecule has 1 amide bonds. The second-order valence-electron chi connectivity index (χ2n) is 9.14. The SMILES string of the molecule is O=C(CCCCCCS(=O)(=O)c1ccc(Nc2nc(NC3CCCCC3)c3[nH]cnc3n2)cc1)NO. The van der Waals surface area contributed by atoms with E-state index in [0.29, 0.717) is 48.4 Å². The highest BCUT2D eigenvalue weighted by Gasteiger charge is 2.18. The second-order valence-corrected chi connectivity index (χ2v) is 11.3. The summed E-state index contributed by atoms with van der Waals surface area (Å²) in [5, 5.41) is 15.2. The highest BCUT2D eigenvalue weighted by Crippen LogP contribution is 2.26. The maximum atomic E-state index is 12.7. The molecule has 0 atom stereocenters. The lowest BCUT2D eigenvalue weighted by Crippen LogP contribution is -2.23. The van der Waals surface area contributed by atoms with Gasteiger partial charge in [0.05, 0.1) is 17.0 Å². The Hall–Kier alpha value is -3.25. The monoisotopic (exact) mass is 515 g/mol. The number of hydroxylamine groups is 1. The van der Waals surface area contributed by atoms with E-state index in [1.165, 1.54) is 19.3 Å². The number of hydrogen-bond acceptors (Lipinski definition) is 9. The maximum absolute atomic E-state index is 12.7. The van der Waals surface area contributed by atoms with E-state index >= 15 is 0 Å². The number of H-pyrrole nitrogens is 1. The highest BCUT2D eigenvalue weighted by molar-refractivity contribution is 7.91. The fraction of sp³-hybridized carbons (Fsp3) is 0.500. The van der Waals surface area contributed by atoms with Gasteiger partial charge in [-0.25, -0.2) is 18.9 Å². The molecule has 4 rings (SSSR count). The third-order valence-electron chi connectivity index (χ3n) is 6.39. The molecule has 0 aliphatic heterocycles. The van der Waals surface area contributed by atoms with E-state index in [0.717, 1.165) is 24.8 Å². The maximum Gasteiger partial charge on any atom is 0.243 e. The number of sulfone groups is 1. The molecule has 12 heteroatoms. The van der Waals surface area contributed by atoms with Crippen molar-refractivity contribution in [2.75, 3.05) is 16.4 Å². The van der Waals surface area contributed by atoms with Crippen molar-refractivity contribution in [2.45, 2.75) is 75.1 Å². The molecule has 2 aromatic heterocycles. The van der Waals surface area contributed by atoms with Crippen LogP contribution in [0.25, 0.3) is 11.2 Å². The van der Waals surface area contributed by atoms with Crippen molar-refractivity contribution in [3.05, 3.63) is 30.6 Å². The molecule has 1 aliphatic rings. The second kappa shape index (κ2) is 12.1. The largest absolute Gasteiger partial charge is 0.365 e. The van der Waals surface area contributed by atoms with Gasteiger partial charge in [0.15, 0.2) is 21.3 Å². The lowest BCUT2D eigenvalue weighted by atomic mass is 9.95. The van der Waals surface area contributed by atoms with Crippen LogP contribution in [0.1, 0.15) is 64.2 Å².